The van der Waals surface area contributed by atoms with Gasteiger partial charge in [0.05, 0.1) is 11.7 Å². The molecule has 0 aromatic carbocycles. The molecular weight excluding hydrogens is 314 g/mol. The first-order chi connectivity index (χ1) is 11.8. The van der Waals surface area contributed by atoms with Crippen LogP contribution < -0.4 is 9.80 Å². The number of hydrogen-bond donors (Lipinski definition) is 0. The highest BCUT2D eigenvalue weighted by Crippen LogP contribution is 2.55. The summed E-state index contributed by atoms with van der Waals surface area (Å²) in [5.41, 5.74) is 2.31. The van der Waals surface area contributed by atoms with E-state index < -0.39 is 0 Å². The fourth-order valence-corrected chi connectivity index (χ4v) is 5.12. The molecule has 3 saturated heterocycles. The summed E-state index contributed by atoms with van der Waals surface area (Å²) >= 11 is 0. The average Bonchev–Trinajstić information content (AvgIpc) is 3.18. The van der Waals surface area contributed by atoms with Crippen LogP contribution in [-0.4, -0.2) is 74.4 Å². The molecule has 6 nitrogen and oxygen atoms in total. The van der Waals surface area contributed by atoms with Crippen molar-refractivity contribution in [2.45, 2.75) is 38.4 Å². The summed E-state index contributed by atoms with van der Waals surface area (Å²) in [6, 6.07) is 0. The third kappa shape index (κ3) is 2.61. The molecule has 3 aliphatic rings. The van der Waals surface area contributed by atoms with Crippen molar-refractivity contribution < 1.29 is 4.74 Å². The lowest BCUT2D eigenvalue weighted by molar-refractivity contribution is 0.0136. The van der Waals surface area contributed by atoms with Gasteiger partial charge in [0.25, 0.3) is 0 Å². The molecule has 3 aliphatic heterocycles. The van der Waals surface area contributed by atoms with E-state index in [1.165, 1.54) is 18.4 Å². The van der Waals surface area contributed by atoms with Crippen LogP contribution in [0.25, 0.3) is 0 Å². The molecule has 0 amide bonds. The Morgan fingerprint density at radius 1 is 1.20 bits per heavy atom. The van der Waals surface area contributed by atoms with Crippen molar-refractivity contribution >= 4 is 11.8 Å². The molecule has 0 N–H and O–H groups in total. The quantitative estimate of drug-likeness (QED) is 0.828. The van der Waals surface area contributed by atoms with Crippen LogP contribution in [0.15, 0.2) is 0 Å². The molecule has 1 spiro atoms. The van der Waals surface area contributed by atoms with E-state index in [1.54, 1.807) is 0 Å². The molecule has 0 unspecified atom stereocenters. The van der Waals surface area contributed by atoms with E-state index in [4.69, 9.17) is 9.72 Å². The summed E-state index contributed by atoms with van der Waals surface area (Å²) in [6.45, 7) is 7.38. The molecule has 1 aromatic heterocycles. The van der Waals surface area contributed by atoms with Gasteiger partial charge in [-0.2, -0.15) is 4.98 Å². The summed E-state index contributed by atoms with van der Waals surface area (Å²) in [6.07, 6.45) is 2.88. The van der Waals surface area contributed by atoms with Gasteiger partial charge in [0.1, 0.15) is 5.82 Å². The van der Waals surface area contributed by atoms with E-state index in [-0.39, 0.29) is 5.60 Å². The number of ether oxygens (including phenoxy) is 1. The second-order valence-corrected chi connectivity index (χ2v) is 8.62. The minimum absolute atomic E-state index is 0.0505. The first-order valence-corrected chi connectivity index (χ1v) is 9.41. The fourth-order valence-electron chi connectivity index (χ4n) is 5.12. The molecule has 4 heterocycles. The zero-order valence-electron chi connectivity index (χ0n) is 16.4. The summed E-state index contributed by atoms with van der Waals surface area (Å²) in [5, 5.41) is 0. The Morgan fingerprint density at radius 3 is 2.64 bits per heavy atom. The number of aromatic nitrogens is 2. The van der Waals surface area contributed by atoms with Crippen molar-refractivity contribution in [1.82, 2.24) is 14.9 Å². The lowest BCUT2D eigenvalue weighted by atomic mass is 9.73. The van der Waals surface area contributed by atoms with Gasteiger partial charge in [0.15, 0.2) is 0 Å². The largest absolute Gasteiger partial charge is 0.369 e. The van der Waals surface area contributed by atoms with E-state index in [1.807, 2.05) is 19.0 Å². The molecule has 138 valence electrons. The zero-order chi connectivity index (χ0) is 17.9. The van der Waals surface area contributed by atoms with Gasteiger partial charge in [-0.15, -0.1) is 0 Å². The SMILES string of the molecule is Cc1nc(N(C)C)nc(N2C[C@@H]3[C@H](CN(C)C)[C@H]4CC[C@]3(C2)O4)c1C. The molecular formula is C19H31N5O. The predicted molar refractivity (Wildman–Crippen MR) is 100 cm³/mol. The monoisotopic (exact) mass is 345 g/mol. The molecule has 4 atom stereocenters. The Hall–Kier alpha value is -1.40. The minimum atomic E-state index is 0.0505. The molecule has 6 heteroatoms. The molecule has 3 fully saturated rings. The van der Waals surface area contributed by atoms with Crippen LogP contribution in [0.5, 0.6) is 0 Å². The normalized spacial score (nSPS) is 33.4. The standard InChI is InChI=1S/C19H31N5O/c1-12-13(2)20-18(23(5)6)21-17(12)24-10-15-14(9-22(3)4)16-7-8-19(15,11-24)25-16/h14-16H,7-11H2,1-6H3/t14-,15+,16+,19+/m0/s1. The molecule has 25 heavy (non-hydrogen) atoms. The Bertz CT molecular complexity index is 676. The Labute approximate surface area is 151 Å². The molecule has 1 aromatic rings. The smallest absolute Gasteiger partial charge is 0.227 e. The van der Waals surface area contributed by atoms with Crippen molar-refractivity contribution in [3.63, 3.8) is 0 Å². The van der Waals surface area contributed by atoms with Crippen LogP contribution in [0.1, 0.15) is 24.1 Å². The second kappa shape index (κ2) is 5.81. The van der Waals surface area contributed by atoms with Gasteiger partial charge in [0, 0.05) is 56.8 Å². The minimum Gasteiger partial charge on any atom is -0.369 e. The molecule has 0 aliphatic carbocycles. The van der Waals surface area contributed by atoms with E-state index in [9.17, 15) is 0 Å². The van der Waals surface area contributed by atoms with Gasteiger partial charge >= 0.3 is 0 Å². The van der Waals surface area contributed by atoms with Gasteiger partial charge in [-0.25, -0.2) is 4.98 Å². The summed E-state index contributed by atoms with van der Waals surface area (Å²) < 4.78 is 6.57. The topological polar surface area (TPSA) is 44.7 Å². The molecule has 0 radical (unpaired) electrons. The number of fused-ring (bicyclic) bond motifs is 1. The van der Waals surface area contributed by atoms with Gasteiger partial charge in [0.2, 0.25) is 5.95 Å². The van der Waals surface area contributed by atoms with Crippen molar-refractivity contribution in [2.24, 2.45) is 11.8 Å². The Morgan fingerprint density at radius 2 is 1.96 bits per heavy atom. The molecule has 0 saturated carbocycles. The first-order valence-electron chi connectivity index (χ1n) is 9.41. The Balaban J connectivity index is 1.65. The van der Waals surface area contributed by atoms with E-state index in [0.717, 1.165) is 37.1 Å². The maximum absolute atomic E-state index is 6.57. The van der Waals surface area contributed by atoms with Crippen LogP contribution in [-0.2, 0) is 4.74 Å². The van der Waals surface area contributed by atoms with Gasteiger partial charge in [-0.3, -0.25) is 0 Å². The van der Waals surface area contributed by atoms with Crippen LogP contribution in [0, 0.1) is 25.7 Å². The third-order valence-corrected chi connectivity index (χ3v) is 6.41. The average molecular weight is 345 g/mol. The summed E-state index contributed by atoms with van der Waals surface area (Å²) in [4.78, 5) is 16.3. The maximum atomic E-state index is 6.57. The van der Waals surface area contributed by atoms with Crippen molar-refractivity contribution in [3.8, 4) is 0 Å². The Kier molecular flexibility index (Phi) is 3.96. The lowest BCUT2D eigenvalue weighted by Crippen LogP contribution is -2.40. The highest BCUT2D eigenvalue weighted by molar-refractivity contribution is 5.54. The molecule has 2 bridgehead atoms. The zero-order valence-corrected chi connectivity index (χ0v) is 16.4. The summed E-state index contributed by atoms with van der Waals surface area (Å²) in [7, 11) is 8.35. The first kappa shape index (κ1) is 17.0. The lowest BCUT2D eigenvalue weighted by Gasteiger charge is -2.30. The van der Waals surface area contributed by atoms with Crippen LogP contribution in [0.4, 0.5) is 11.8 Å². The number of rotatable bonds is 4. The maximum Gasteiger partial charge on any atom is 0.227 e. The number of aryl methyl sites for hydroxylation is 1. The number of nitrogens with zero attached hydrogens (tertiary/aromatic N) is 5. The van der Waals surface area contributed by atoms with Crippen molar-refractivity contribution in [2.75, 3.05) is 57.6 Å². The van der Waals surface area contributed by atoms with Crippen LogP contribution >= 0.6 is 0 Å². The summed E-state index contributed by atoms with van der Waals surface area (Å²) in [5.74, 6) is 3.15. The van der Waals surface area contributed by atoms with Gasteiger partial charge in [-0.1, -0.05) is 0 Å². The van der Waals surface area contributed by atoms with E-state index in [2.05, 4.69) is 42.7 Å². The second-order valence-electron chi connectivity index (χ2n) is 8.62. The predicted octanol–water partition coefficient (Wildman–Crippen LogP) is 1.70. The van der Waals surface area contributed by atoms with Crippen LogP contribution in [0.2, 0.25) is 0 Å². The van der Waals surface area contributed by atoms with E-state index >= 15 is 0 Å². The molecule has 4 rings (SSSR count). The highest BCUT2D eigenvalue weighted by atomic mass is 16.5. The number of hydrogen-bond acceptors (Lipinski definition) is 6. The fraction of sp³-hybridized carbons (Fsp3) is 0.789. The number of anilines is 2. The van der Waals surface area contributed by atoms with E-state index in [0.29, 0.717) is 17.9 Å². The van der Waals surface area contributed by atoms with Crippen LogP contribution in [0.3, 0.4) is 0 Å². The third-order valence-electron chi connectivity index (χ3n) is 6.41. The van der Waals surface area contributed by atoms with Gasteiger partial charge < -0.3 is 19.4 Å². The van der Waals surface area contributed by atoms with Gasteiger partial charge in [-0.05, 0) is 40.8 Å². The van der Waals surface area contributed by atoms with Crippen molar-refractivity contribution in [3.05, 3.63) is 11.3 Å². The van der Waals surface area contributed by atoms with Crippen molar-refractivity contribution in [1.29, 1.82) is 0 Å². The highest BCUT2D eigenvalue weighted by Gasteiger charge is 2.63.